The van der Waals surface area contributed by atoms with Gasteiger partial charge in [0.15, 0.2) is 0 Å². The molecule has 0 saturated heterocycles. The van der Waals surface area contributed by atoms with Crippen molar-refractivity contribution in [3.63, 3.8) is 0 Å². The van der Waals surface area contributed by atoms with E-state index in [4.69, 9.17) is 11.6 Å². The van der Waals surface area contributed by atoms with E-state index >= 15 is 0 Å². The Labute approximate surface area is 153 Å². The second kappa shape index (κ2) is 11.9. The number of hydrogen-bond donors (Lipinski definition) is 0. The van der Waals surface area contributed by atoms with Gasteiger partial charge in [-0.2, -0.15) is 0 Å². The van der Waals surface area contributed by atoms with E-state index in [1.807, 2.05) is 19.1 Å². The fraction of sp³-hybridized carbons (Fsp3) is 0.391. The summed E-state index contributed by atoms with van der Waals surface area (Å²) in [7, 11) is 0. The van der Waals surface area contributed by atoms with Crippen LogP contribution in [-0.2, 0) is 6.42 Å². The van der Waals surface area contributed by atoms with E-state index in [-0.39, 0.29) is 0 Å². The van der Waals surface area contributed by atoms with Gasteiger partial charge in [-0.25, -0.2) is 0 Å². The summed E-state index contributed by atoms with van der Waals surface area (Å²) in [5.41, 5.74) is 4.92. The smallest absolute Gasteiger partial charge is 0.0334 e. The van der Waals surface area contributed by atoms with Crippen LogP contribution >= 0.6 is 11.6 Å². The van der Waals surface area contributed by atoms with E-state index < -0.39 is 0 Å². The maximum absolute atomic E-state index is 5.73. The molecule has 1 aromatic carbocycles. The highest BCUT2D eigenvalue weighted by Crippen LogP contribution is 2.16. The Bertz CT molecular complexity index is 560. The molecule has 130 valence electrons. The molecule has 1 aromatic rings. The Kier molecular flexibility index (Phi) is 10.2. The number of halogens is 1. The summed E-state index contributed by atoms with van der Waals surface area (Å²) >= 11 is 5.73. The monoisotopic (exact) mass is 342 g/mol. The molecule has 0 radical (unpaired) electrons. The van der Waals surface area contributed by atoms with Crippen molar-refractivity contribution in [2.75, 3.05) is 0 Å². The number of aryl methyl sites for hydroxylation is 1. The molecule has 0 spiro atoms. The van der Waals surface area contributed by atoms with Gasteiger partial charge in [-0.3, -0.25) is 0 Å². The molecule has 0 bridgehead atoms. The van der Waals surface area contributed by atoms with Gasteiger partial charge in [0.1, 0.15) is 0 Å². The highest BCUT2D eigenvalue weighted by atomic mass is 35.5. The maximum atomic E-state index is 5.73. The van der Waals surface area contributed by atoms with Gasteiger partial charge in [0, 0.05) is 5.03 Å². The molecule has 0 nitrogen and oxygen atoms in total. The molecule has 0 saturated carbocycles. The van der Waals surface area contributed by atoms with Crippen molar-refractivity contribution in [3.8, 4) is 0 Å². The van der Waals surface area contributed by atoms with Crippen LogP contribution in [0.25, 0.3) is 6.08 Å². The SMILES string of the molecule is C=C(Cl)/C=C/c1ccc(CCCCCCCCC(=C)C(=C)C)cc1. The highest BCUT2D eigenvalue weighted by Gasteiger charge is 1.97. The molecular weight excluding hydrogens is 312 g/mol. The number of allylic oxidation sites excluding steroid dienone is 4. The average Bonchev–Trinajstić information content (AvgIpc) is 2.56. The first kappa shape index (κ1) is 20.5. The zero-order valence-electron chi connectivity index (χ0n) is 15.1. The van der Waals surface area contributed by atoms with Crippen molar-refractivity contribution in [3.05, 3.63) is 77.4 Å². The van der Waals surface area contributed by atoms with Crippen LogP contribution in [0.5, 0.6) is 0 Å². The third-order valence-electron chi connectivity index (χ3n) is 4.23. The largest absolute Gasteiger partial charge is 0.0959 e. The number of benzene rings is 1. The summed E-state index contributed by atoms with van der Waals surface area (Å²) in [6.45, 7) is 13.7. The minimum atomic E-state index is 0.558. The molecule has 0 fully saturated rings. The van der Waals surface area contributed by atoms with Crippen LogP contribution in [0.15, 0.2) is 66.3 Å². The van der Waals surface area contributed by atoms with Gasteiger partial charge in [0.05, 0.1) is 0 Å². The van der Waals surface area contributed by atoms with E-state index in [1.165, 1.54) is 56.1 Å². The lowest BCUT2D eigenvalue weighted by molar-refractivity contribution is 0.594. The standard InChI is InChI=1S/C23H31Cl/c1-19(2)20(3)11-9-7-5-6-8-10-12-22-15-17-23(18-16-22)14-13-21(4)24/h13-18H,1,3-12H2,2H3/b14-13+. The van der Waals surface area contributed by atoms with Crippen LogP contribution in [0.4, 0.5) is 0 Å². The minimum absolute atomic E-state index is 0.558. The summed E-state index contributed by atoms with van der Waals surface area (Å²) < 4.78 is 0. The van der Waals surface area contributed by atoms with E-state index in [9.17, 15) is 0 Å². The van der Waals surface area contributed by atoms with Crippen molar-refractivity contribution in [2.24, 2.45) is 0 Å². The third kappa shape index (κ3) is 9.57. The lowest BCUT2D eigenvalue weighted by Gasteiger charge is -2.05. The van der Waals surface area contributed by atoms with Crippen molar-refractivity contribution < 1.29 is 0 Å². The van der Waals surface area contributed by atoms with Crippen LogP contribution < -0.4 is 0 Å². The van der Waals surface area contributed by atoms with E-state index in [0.717, 1.165) is 17.6 Å². The number of hydrogen-bond acceptors (Lipinski definition) is 0. The normalized spacial score (nSPS) is 10.9. The summed E-state index contributed by atoms with van der Waals surface area (Å²) in [5, 5.41) is 0.558. The number of unbranched alkanes of at least 4 members (excludes halogenated alkanes) is 5. The first-order valence-corrected chi connectivity index (χ1v) is 9.32. The Morgan fingerprint density at radius 3 is 2.08 bits per heavy atom. The summed E-state index contributed by atoms with van der Waals surface area (Å²) in [5.74, 6) is 0. The van der Waals surface area contributed by atoms with Gasteiger partial charge in [-0.1, -0.05) is 98.5 Å². The second-order valence-corrected chi connectivity index (χ2v) is 7.01. The first-order chi connectivity index (χ1) is 11.5. The zero-order valence-corrected chi connectivity index (χ0v) is 15.9. The number of rotatable bonds is 12. The topological polar surface area (TPSA) is 0 Å². The minimum Gasteiger partial charge on any atom is -0.0959 e. The molecule has 24 heavy (non-hydrogen) atoms. The first-order valence-electron chi connectivity index (χ1n) is 8.94. The average molecular weight is 343 g/mol. The molecular formula is C23H31Cl. The third-order valence-corrected chi connectivity index (χ3v) is 4.36. The summed E-state index contributed by atoms with van der Waals surface area (Å²) in [6.07, 6.45) is 13.9. The van der Waals surface area contributed by atoms with E-state index in [1.54, 1.807) is 0 Å². The van der Waals surface area contributed by atoms with Crippen LogP contribution in [0.3, 0.4) is 0 Å². The summed E-state index contributed by atoms with van der Waals surface area (Å²) in [4.78, 5) is 0. The van der Waals surface area contributed by atoms with Crippen molar-refractivity contribution in [2.45, 2.75) is 58.3 Å². The van der Waals surface area contributed by atoms with Gasteiger partial charge >= 0.3 is 0 Å². The molecule has 0 aliphatic carbocycles. The molecule has 1 rings (SSSR count). The second-order valence-electron chi connectivity index (χ2n) is 6.53. The Morgan fingerprint density at radius 1 is 0.917 bits per heavy atom. The Balaban J connectivity index is 2.10. The Morgan fingerprint density at radius 2 is 1.50 bits per heavy atom. The molecule has 0 atom stereocenters. The molecule has 0 N–H and O–H groups in total. The highest BCUT2D eigenvalue weighted by molar-refractivity contribution is 6.31. The fourth-order valence-corrected chi connectivity index (χ4v) is 2.63. The maximum Gasteiger partial charge on any atom is 0.0334 e. The Hall–Kier alpha value is -1.53. The molecule has 0 unspecified atom stereocenters. The van der Waals surface area contributed by atoms with Crippen molar-refractivity contribution in [1.82, 2.24) is 0 Å². The predicted molar refractivity (Wildman–Crippen MR) is 110 cm³/mol. The summed E-state index contributed by atoms with van der Waals surface area (Å²) in [6, 6.07) is 8.69. The van der Waals surface area contributed by atoms with Crippen LogP contribution in [-0.4, -0.2) is 0 Å². The fourth-order valence-electron chi connectivity index (χ4n) is 2.57. The van der Waals surface area contributed by atoms with Crippen molar-refractivity contribution in [1.29, 1.82) is 0 Å². The molecule has 0 aromatic heterocycles. The predicted octanol–water partition coefficient (Wildman–Crippen LogP) is 7.86. The lowest BCUT2D eigenvalue weighted by Crippen LogP contribution is -1.87. The lowest BCUT2D eigenvalue weighted by atomic mass is 10.0. The van der Waals surface area contributed by atoms with Gasteiger partial charge in [0.25, 0.3) is 0 Å². The molecule has 0 aliphatic heterocycles. The molecule has 1 heteroatoms. The van der Waals surface area contributed by atoms with Crippen LogP contribution in [0.1, 0.15) is 63.0 Å². The van der Waals surface area contributed by atoms with Crippen LogP contribution in [0, 0.1) is 0 Å². The molecule has 0 amide bonds. The van der Waals surface area contributed by atoms with Crippen LogP contribution in [0.2, 0.25) is 0 Å². The van der Waals surface area contributed by atoms with Gasteiger partial charge < -0.3 is 0 Å². The van der Waals surface area contributed by atoms with Gasteiger partial charge in [0.2, 0.25) is 0 Å². The molecule has 0 aliphatic rings. The van der Waals surface area contributed by atoms with Gasteiger partial charge in [-0.15, -0.1) is 0 Å². The van der Waals surface area contributed by atoms with E-state index in [0.29, 0.717) is 5.03 Å². The quantitative estimate of drug-likeness (QED) is 0.268. The van der Waals surface area contributed by atoms with E-state index in [2.05, 4.69) is 44.0 Å². The zero-order chi connectivity index (χ0) is 17.8. The van der Waals surface area contributed by atoms with Gasteiger partial charge in [-0.05, 0) is 49.8 Å². The van der Waals surface area contributed by atoms with Crippen molar-refractivity contribution >= 4 is 17.7 Å². The molecule has 0 heterocycles.